The van der Waals surface area contributed by atoms with Crippen molar-refractivity contribution in [3.63, 3.8) is 0 Å². The zero-order valence-corrected chi connectivity index (χ0v) is 21.5. The standard InChI is InChI=1S/C33H31NO5/c35-33-29-30(26-17-9-3-10-18-26)34(27-19-11-4-12-20-27)39-32(29)31(37-22-25-15-7-2-8-16-25)28(38-33)23-36-21-24-13-5-1-6-14-24/h1-20,28-32H,21-23H2/t28-,29-,30+,31+,32+/m1/s1. The second kappa shape index (κ2) is 11.8. The second-order valence-electron chi connectivity index (χ2n) is 9.85. The van der Waals surface area contributed by atoms with Crippen molar-refractivity contribution in [2.45, 2.75) is 37.6 Å². The predicted octanol–water partition coefficient (Wildman–Crippen LogP) is 5.89. The van der Waals surface area contributed by atoms with Gasteiger partial charge in [0.15, 0.2) is 6.10 Å². The maximum atomic E-state index is 13.7. The lowest BCUT2D eigenvalue weighted by molar-refractivity contribution is -0.205. The van der Waals surface area contributed by atoms with Gasteiger partial charge in [0.05, 0.1) is 31.5 Å². The first-order valence-corrected chi connectivity index (χ1v) is 13.3. The Balaban J connectivity index is 1.30. The van der Waals surface area contributed by atoms with E-state index >= 15 is 0 Å². The second-order valence-corrected chi connectivity index (χ2v) is 9.85. The van der Waals surface area contributed by atoms with Gasteiger partial charge in [-0.15, -0.1) is 0 Å². The van der Waals surface area contributed by atoms with Crippen molar-refractivity contribution in [3.05, 3.63) is 138 Å². The SMILES string of the molecule is O=C1O[C@H](COCc2ccccc2)[C@H](OCc2ccccc2)[C@H]2ON(c3ccccc3)[C@@H](c3ccccc3)[C@@H]12. The monoisotopic (exact) mass is 521 g/mol. The average molecular weight is 522 g/mol. The zero-order chi connectivity index (χ0) is 26.4. The van der Waals surface area contributed by atoms with Crippen LogP contribution in [0.5, 0.6) is 0 Å². The number of hydrogen-bond donors (Lipinski definition) is 0. The molecule has 2 heterocycles. The van der Waals surface area contributed by atoms with Gasteiger partial charge >= 0.3 is 5.97 Å². The number of anilines is 1. The van der Waals surface area contributed by atoms with Gasteiger partial charge in [0.2, 0.25) is 0 Å². The van der Waals surface area contributed by atoms with E-state index in [1.54, 1.807) is 0 Å². The summed E-state index contributed by atoms with van der Waals surface area (Å²) in [6, 6.07) is 39.4. The average Bonchev–Trinajstić information content (AvgIpc) is 3.40. The highest BCUT2D eigenvalue weighted by Crippen LogP contribution is 2.47. The largest absolute Gasteiger partial charge is 0.457 e. The van der Waals surface area contributed by atoms with E-state index in [9.17, 15) is 4.79 Å². The van der Waals surface area contributed by atoms with Gasteiger partial charge in [0.1, 0.15) is 18.1 Å². The molecule has 5 atom stereocenters. The molecule has 198 valence electrons. The molecule has 0 saturated carbocycles. The highest BCUT2D eigenvalue weighted by atomic mass is 16.7. The number of ether oxygens (including phenoxy) is 3. The van der Waals surface area contributed by atoms with Crippen molar-refractivity contribution in [1.82, 2.24) is 0 Å². The minimum absolute atomic E-state index is 0.202. The summed E-state index contributed by atoms with van der Waals surface area (Å²) in [6.07, 6.45) is -1.69. The Kier molecular flexibility index (Phi) is 7.68. The number of carbonyl (C=O) groups excluding carboxylic acids is 1. The molecular formula is C33H31NO5. The Hall–Kier alpha value is -3.97. The fourth-order valence-corrected chi connectivity index (χ4v) is 5.38. The lowest BCUT2D eigenvalue weighted by Crippen LogP contribution is -2.54. The van der Waals surface area contributed by atoms with Gasteiger partial charge in [-0.3, -0.25) is 9.63 Å². The van der Waals surface area contributed by atoms with E-state index in [1.807, 2.05) is 126 Å². The number of cyclic esters (lactones) is 1. The summed E-state index contributed by atoms with van der Waals surface area (Å²) >= 11 is 0. The number of nitrogens with zero attached hydrogens (tertiary/aromatic N) is 1. The molecule has 0 bridgehead atoms. The quantitative estimate of drug-likeness (QED) is 0.256. The number of esters is 1. The molecule has 0 aliphatic carbocycles. The molecule has 6 heteroatoms. The van der Waals surface area contributed by atoms with E-state index in [4.69, 9.17) is 19.0 Å². The van der Waals surface area contributed by atoms with Gasteiger partial charge in [-0.25, -0.2) is 5.06 Å². The maximum Gasteiger partial charge on any atom is 0.314 e. The van der Waals surface area contributed by atoms with Crippen molar-refractivity contribution in [3.8, 4) is 0 Å². The molecule has 6 rings (SSSR count). The van der Waals surface area contributed by atoms with Crippen LogP contribution in [0.15, 0.2) is 121 Å². The van der Waals surface area contributed by atoms with Gasteiger partial charge in [0, 0.05) is 0 Å². The van der Waals surface area contributed by atoms with Crippen LogP contribution in [0.1, 0.15) is 22.7 Å². The summed E-state index contributed by atoms with van der Waals surface area (Å²) < 4.78 is 18.6. The Labute approximate surface area is 228 Å². The van der Waals surface area contributed by atoms with E-state index in [1.165, 1.54) is 0 Å². The number of para-hydroxylation sites is 1. The molecule has 0 N–H and O–H groups in total. The van der Waals surface area contributed by atoms with Crippen molar-refractivity contribution < 1.29 is 23.8 Å². The summed E-state index contributed by atoms with van der Waals surface area (Å²) in [5.74, 6) is -0.876. The molecule has 2 fully saturated rings. The minimum atomic E-state index is -0.613. The van der Waals surface area contributed by atoms with E-state index in [0.29, 0.717) is 13.2 Å². The lowest BCUT2D eigenvalue weighted by atomic mass is 9.83. The number of fused-ring (bicyclic) bond motifs is 1. The molecule has 2 saturated heterocycles. The first-order valence-electron chi connectivity index (χ1n) is 13.3. The van der Waals surface area contributed by atoms with Crippen LogP contribution >= 0.6 is 0 Å². The van der Waals surface area contributed by atoms with Gasteiger partial charge in [-0.05, 0) is 28.8 Å². The van der Waals surface area contributed by atoms with Gasteiger partial charge in [-0.1, -0.05) is 109 Å². The molecular weight excluding hydrogens is 490 g/mol. The highest BCUT2D eigenvalue weighted by molar-refractivity contribution is 5.77. The van der Waals surface area contributed by atoms with Crippen LogP contribution in [-0.4, -0.2) is 30.9 Å². The third-order valence-electron chi connectivity index (χ3n) is 7.24. The van der Waals surface area contributed by atoms with Crippen molar-refractivity contribution in [1.29, 1.82) is 0 Å². The zero-order valence-electron chi connectivity index (χ0n) is 21.5. The lowest BCUT2D eigenvalue weighted by Gasteiger charge is -2.37. The fraction of sp³-hybridized carbons (Fsp3) is 0.242. The summed E-state index contributed by atoms with van der Waals surface area (Å²) in [7, 11) is 0. The Morgan fingerprint density at radius 1 is 0.692 bits per heavy atom. The summed E-state index contributed by atoms with van der Waals surface area (Å²) in [5, 5.41) is 1.85. The molecule has 0 unspecified atom stereocenters. The Morgan fingerprint density at radius 3 is 1.90 bits per heavy atom. The number of hydroxylamine groups is 1. The first-order chi connectivity index (χ1) is 19.3. The van der Waals surface area contributed by atoms with Crippen LogP contribution in [0.3, 0.4) is 0 Å². The topological polar surface area (TPSA) is 57.2 Å². The van der Waals surface area contributed by atoms with Crippen LogP contribution in [0, 0.1) is 5.92 Å². The molecule has 39 heavy (non-hydrogen) atoms. The van der Waals surface area contributed by atoms with Crippen LogP contribution in [-0.2, 0) is 37.1 Å². The third kappa shape index (κ3) is 5.59. The van der Waals surface area contributed by atoms with Crippen LogP contribution in [0.4, 0.5) is 5.69 Å². The molecule has 2 aliphatic heterocycles. The van der Waals surface area contributed by atoms with Gasteiger partial charge in [-0.2, -0.15) is 0 Å². The predicted molar refractivity (Wildman–Crippen MR) is 147 cm³/mol. The van der Waals surface area contributed by atoms with E-state index in [2.05, 4.69) is 0 Å². The fourth-order valence-electron chi connectivity index (χ4n) is 5.38. The number of benzene rings is 4. The summed E-state index contributed by atoms with van der Waals surface area (Å²) in [5.41, 5.74) is 3.93. The van der Waals surface area contributed by atoms with Gasteiger partial charge in [0.25, 0.3) is 0 Å². The maximum absolute atomic E-state index is 13.7. The van der Waals surface area contributed by atoms with Crippen LogP contribution in [0.2, 0.25) is 0 Å². The Morgan fingerprint density at radius 2 is 1.26 bits per heavy atom. The molecule has 4 aromatic carbocycles. The number of hydrogen-bond acceptors (Lipinski definition) is 6. The molecule has 0 amide bonds. The van der Waals surface area contributed by atoms with Crippen molar-refractivity contribution in [2.75, 3.05) is 11.7 Å². The number of carbonyl (C=O) groups is 1. The summed E-state index contributed by atoms with van der Waals surface area (Å²) in [6.45, 7) is 0.984. The molecule has 0 aromatic heterocycles. The van der Waals surface area contributed by atoms with Crippen molar-refractivity contribution in [2.24, 2.45) is 5.92 Å². The minimum Gasteiger partial charge on any atom is -0.457 e. The number of rotatable bonds is 9. The summed E-state index contributed by atoms with van der Waals surface area (Å²) in [4.78, 5) is 20.3. The smallest absolute Gasteiger partial charge is 0.314 e. The normalized spacial score (nSPS) is 24.3. The molecule has 2 aliphatic rings. The third-order valence-corrected chi connectivity index (χ3v) is 7.24. The van der Waals surface area contributed by atoms with E-state index in [0.717, 1.165) is 22.4 Å². The highest BCUT2D eigenvalue weighted by Gasteiger charge is 2.58. The molecule has 0 radical (unpaired) electrons. The molecule has 6 nitrogen and oxygen atoms in total. The van der Waals surface area contributed by atoms with Gasteiger partial charge < -0.3 is 14.2 Å². The van der Waals surface area contributed by atoms with Crippen LogP contribution in [0.25, 0.3) is 0 Å². The van der Waals surface area contributed by atoms with Crippen molar-refractivity contribution >= 4 is 11.7 Å². The first kappa shape index (κ1) is 25.3. The molecule has 0 spiro atoms. The van der Waals surface area contributed by atoms with E-state index < -0.39 is 24.2 Å². The van der Waals surface area contributed by atoms with E-state index in [-0.39, 0.29) is 18.6 Å². The molecule has 4 aromatic rings. The van der Waals surface area contributed by atoms with Crippen LogP contribution < -0.4 is 5.06 Å². The Bertz CT molecular complexity index is 1340.